The maximum Gasteiger partial charge on any atom is 0.317 e. The number of rotatable bonds is 3. The van der Waals surface area contributed by atoms with Crippen molar-refractivity contribution in [3.05, 3.63) is 35.4 Å². The molecule has 2 rings (SSSR count). The van der Waals surface area contributed by atoms with Gasteiger partial charge in [0.25, 0.3) is 0 Å². The van der Waals surface area contributed by atoms with Crippen molar-refractivity contribution in [1.29, 1.82) is 0 Å². The van der Waals surface area contributed by atoms with E-state index in [2.05, 4.69) is 5.32 Å². The Bertz CT molecular complexity index is 687. The number of hydrogen-bond donors (Lipinski definition) is 1. The first kappa shape index (κ1) is 18.7. The molecule has 1 saturated heterocycles. The summed E-state index contributed by atoms with van der Waals surface area (Å²) in [7, 11) is -3.36. The van der Waals surface area contributed by atoms with Crippen LogP contribution in [-0.2, 0) is 15.8 Å². The minimum Gasteiger partial charge on any atom is -0.333 e. The number of carbonyl (C=O) groups is 1. The maximum atomic E-state index is 12.6. The standard InChI is InChI=1S/C17H27N3O3S/c1-14-6-5-7-15(12-14)13-24(22,23)20-10-8-19(9-11-20)16(21)18-17(2,3)4/h5-7,12H,8-11,13H2,1-4H3,(H,18,21). The van der Waals surface area contributed by atoms with Gasteiger partial charge in [-0.25, -0.2) is 13.2 Å². The van der Waals surface area contributed by atoms with E-state index >= 15 is 0 Å². The summed E-state index contributed by atoms with van der Waals surface area (Å²) in [5.41, 5.74) is 1.54. The third-order valence-electron chi connectivity index (χ3n) is 3.83. The molecule has 7 heteroatoms. The molecule has 0 atom stereocenters. The zero-order chi connectivity index (χ0) is 18.0. The fraction of sp³-hybridized carbons (Fsp3) is 0.588. The number of sulfonamides is 1. The average molecular weight is 353 g/mol. The largest absolute Gasteiger partial charge is 0.333 e. The van der Waals surface area contributed by atoms with Crippen LogP contribution in [0.5, 0.6) is 0 Å². The second kappa shape index (κ2) is 7.11. The highest BCUT2D eigenvalue weighted by Gasteiger charge is 2.30. The highest BCUT2D eigenvalue weighted by atomic mass is 32.2. The molecule has 0 bridgehead atoms. The Kier molecular flexibility index (Phi) is 5.55. The molecular formula is C17H27N3O3S. The predicted octanol–water partition coefficient (Wildman–Crippen LogP) is 1.95. The minimum absolute atomic E-state index is 0.00284. The molecule has 134 valence electrons. The van der Waals surface area contributed by atoms with Gasteiger partial charge in [-0.15, -0.1) is 0 Å². The highest BCUT2D eigenvalue weighted by molar-refractivity contribution is 7.88. The lowest BCUT2D eigenvalue weighted by molar-refractivity contribution is 0.165. The van der Waals surface area contributed by atoms with Crippen molar-refractivity contribution in [2.24, 2.45) is 0 Å². The summed E-state index contributed by atoms with van der Waals surface area (Å²) in [5.74, 6) is 0.00284. The third kappa shape index (κ3) is 5.21. The zero-order valence-electron chi connectivity index (χ0n) is 14.9. The number of piperazine rings is 1. The summed E-state index contributed by atoms with van der Waals surface area (Å²) in [6, 6.07) is 7.40. The van der Waals surface area contributed by atoms with Gasteiger partial charge >= 0.3 is 6.03 Å². The van der Waals surface area contributed by atoms with Gasteiger partial charge in [0.1, 0.15) is 0 Å². The van der Waals surface area contributed by atoms with Gasteiger partial charge in [-0.1, -0.05) is 29.8 Å². The maximum absolute atomic E-state index is 12.6. The quantitative estimate of drug-likeness (QED) is 0.903. The molecular weight excluding hydrogens is 326 g/mol. The summed E-state index contributed by atoms with van der Waals surface area (Å²) in [5, 5.41) is 2.91. The number of hydrogen-bond acceptors (Lipinski definition) is 3. The predicted molar refractivity (Wildman–Crippen MR) is 95.2 cm³/mol. The van der Waals surface area contributed by atoms with E-state index in [1.807, 2.05) is 52.0 Å². The molecule has 1 N–H and O–H groups in total. The van der Waals surface area contributed by atoms with Gasteiger partial charge in [-0.05, 0) is 33.3 Å². The summed E-state index contributed by atoms with van der Waals surface area (Å²) in [4.78, 5) is 13.8. The number of nitrogens with zero attached hydrogens (tertiary/aromatic N) is 2. The van der Waals surface area contributed by atoms with Crippen molar-refractivity contribution in [1.82, 2.24) is 14.5 Å². The Hall–Kier alpha value is -1.60. The van der Waals surface area contributed by atoms with E-state index in [0.29, 0.717) is 26.2 Å². The van der Waals surface area contributed by atoms with Crippen molar-refractivity contribution in [2.75, 3.05) is 26.2 Å². The lowest BCUT2D eigenvalue weighted by atomic mass is 10.1. The molecule has 6 nitrogen and oxygen atoms in total. The lowest BCUT2D eigenvalue weighted by Crippen LogP contribution is -2.56. The van der Waals surface area contributed by atoms with Crippen LogP contribution >= 0.6 is 0 Å². The van der Waals surface area contributed by atoms with Crippen LogP contribution in [0.2, 0.25) is 0 Å². The molecule has 0 unspecified atom stereocenters. The van der Waals surface area contributed by atoms with Crippen molar-refractivity contribution < 1.29 is 13.2 Å². The normalized spacial score (nSPS) is 16.9. The van der Waals surface area contributed by atoms with Gasteiger partial charge in [0.15, 0.2) is 0 Å². The highest BCUT2D eigenvalue weighted by Crippen LogP contribution is 2.15. The van der Waals surface area contributed by atoms with E-state index in [-0.39, 0.29) is 17.3 Å². The van der Waals surface area contributed by atoms with Crippen LogP contribution in [0.15, 0.2) is 24.3 Å². The number of carbonyl (C=O) groups excluding carboxylic acids is 1. The number of benzene rings is 1. The van der Waals surface area contributed by atoms with Crippen LogP contribution in [0.3, 0.4) is 0 Å². The second-order valence-electron chi connectivity index (χ2n) is 7.31. The van der Waals surface area contributed by atoms with Crippen LogP contribution in [0.1, 0.15) is 31.9 Å². The molecule has 1 fully saturated rings. The Morgan fingerprint density at radius 3 is 2.33 bits per heavy atom. The summed E-state index contributed by atoms with van der Waals surface area (Å²) in [6.45, 7) is 9.22. The van der Waals surface area contributed by atoms with Crippen molar-refractivity contribution in [2.45, 2.75) is 39.0 Å². The van der Waals surface area contributed by atoms with Gasteiger partial charge in [0.05, 0.1) is 5.75 Å². The molecule has 1 heterocycles. The van der Waals surface area contributed by atoms with Crippen molar-refractivity contribution in [3.8, 4) is 0 Å². The van der Waals surface area contributed by atoms with E-state index in [0.717, 1.165) is 11.1 Å². The molecule has 1 aliphatic heterocycles. The van der Waals surface area contributed by atoms with Crippen LogP contribution in [0.25, 0.3) is 0 Å². The van der Waals surface area contributed by atoms with Crippen LogP contribution < -0.4 is 5.32 Å². The number of amides is 2. The Labute approximate surface area is 144 Å². The first-order valence-electron chi connectivity index (χ1n) is 8.17. The van der Waals surface area contributed by atoms with E-state index in [1.54, 1.807) is 4.90 Å². The molecule has 1 aliphatic rings. The van der Waals surface area contributed by atoms with E-state index in [9.17, 15) is 13.2 Å². The van der Waals surface area contributed by atoms with Gasteiger partial charge in [-0.2, -0.15) is 4.31 Å². The summed E-state index contributed by atoms with van der Waals surface area (Å²) in [6.07, 6.45) is 0. The monoisotopic (exact) mass is 353 g/mol. The molecule has 0 aliphatic carbocycles. The van der Waals surface area contributed by atoms with Gasteiger partial charge in [0, 0.05) is 31.7 Å². The topological polar surface area (TPSA) is 69.7 Å². The first-order valence-corrected chi connectivity index (χ1v) is 9.78. The molecule has 0 saturated carbocycles. The molecule has 2 amide bonds. The van der Waals surface area contributed by atoms with Crippen LogP contribution in [0.4, 0.5) is 4.79 Å². The van der Waals surface area contributed by atoms with Crippen LogP contribution in [0, 0.1) is 6.92 Å². The fourth-order valence-electron chi connectivity index (χ4n) is 2.67. The minimum atomic E-state index is -3.36. The Morgan fingerprint density at radius 1 is 1.17 bits per heavy atom. The Balaban J connectivity index is 1.94. The molecule has 1 aromatic carbocycles. The summed E-state index contributed by atoms with van der Waals surface area (Å²) >= 11 is 0. The number of nitrogens with one attached hydrogen (secondary N) is 1. The number of urea groups is 1. The molecule has 1 aromatic rings. The first-order chi connectivity index (χ1) is 11.1. The van der Waals surface area contributed by atoms with Gasteiger partial charge in [-0.3, -0.25) is 0 Å². The average Bonchev–Trinajstić information content (AvgIpc) is 2.45. The molecule has 24 heavy (non-hydrogen) atoms. The second-order valence-corrected chi connectivity index (χ2v) is 9.28. The number of aryl methyl sites for hydroxylation is 1. The van der Waals surface area contributed by atoms with E-state index in [1.165, 1.54) is 4.31 Å². The SMILES string of the molecule is Cc1cccc(CS(=O)(=O)N2CCN(C(=O)NC(C)(C)C)CC2)c1. The lowest BCUT2D eigenvalue weighted by Gasteiger charge is -2.35. The summed E-state index contributed by atoms with van der Waals surface area (Å²) < 4.78 is 26.6. The van der Waals surface area contributed by atoms with Gasteiger partial charge in [0.2, 0.25) is 10.0 Å². The van der Waals surface area contributed by atoms with Gasteiger partial charge < -0.3 is 10.2 Å². The Morgan fingerprint density at radius 2 is 1.79 bits per heavy atom. The van der Waals surface area contributed by atoms with E-state index < -0.39 is 10.0 Å². The smallest absolute Gasteiger partial charge is 0.317 e. The molecule has 0 spiro atoms. The fourth-order valence-corrected chi connectivity index (χ4v) is 4.18. The van der Waals surface area contributed by atoms with Crippen molar-refractivity contribution >= 4 is 16.1 Å². The zero-order valence-corrected chi connectivity index (χ0v) is 15.7. The van der Waals surface area contributed by atoms with Crippen molar-refractivity contribution in [3.63, 3.8) is 0 Å². The van der Waals surface area contributed by atoms with E-state index in [4.69, 9.17) is 0 Å². The van der Waals surface area contributed by atoms with Crippen LogP contribution in [-0.4, -0.2) is 55.4 Å². The molecule has 0 aromatic heterocycles. The third-order valence-corrected chi connectivity index (χ3v) is 5.68. The molecule has 0 radical (unpaired) electrons.